The molecule has 0 heterocycles. The zero-order chi connectivity index (χ0) is 10.0. The van der Waals surface area contributed by atoms with Gasteiger partial charge < -0.3 is 5.11 Å². The molecule has 1 unspecified atom stereocenters. The van der Waals surface area contributed by atoms with Gasteiger partial charge in [0.15, 0.2) is 0 Å². The van der Waals surface area contributed by atoms with Crippen molar-refractivity contribution in [3.8, 4) is 0 Å². The van der Waals surface area contributed by atoms with Gasteiger partial charge in [-0.25, -0.2) is 4.39 Å². The molecule has 1 N–H and O–H groups in total. The van der Waals surface area contributed by atoms with Gasteiger partial charge in [-0.1, -0.05) is 27.5 Å². The molecule has 0 saturated heterocycles. The number of halogens is 3. The third kappa shape index (κ3) is 2.66. The van der Waals surface area contributed by atoms with Crippen LogP contribution in [-0.2, 0) is 6.42 Å². The Balaban J connectivity index is 3.10. The second-order valence-electron chi connectivity index (χ2n) is 2.87. The average molecular weight is 268 g/mol. The third-order valence-corrected chi connectivity index (χ3v) is 2.67. The molecule has 0 radical (unpaired) electrons. The van der Waals surface area contributed by atoms with Gasteiger partial charge in [-0.05, 0) is 19.1 Å². The van der Waals surface area contributed by atoms with Crippen molar-refractivity contribution >= 4 is 27.5 Å². The van der Waals surface area contributed by atoms with Crippen molar-refractivity contribution in [3.63, 3.8) is 0 Å². The van der Waals surface area contributed by atoms with Crippen molar-refractivity contribution in [2.75, 3.05) is 0 Å². The summed E-state index contributed by atoms with van der Waals surface area (Å²) in [5.41, 5.74) is 0.419. The normalized spacial score (nSPS) is 13.0. The Morgan fingerprint density at radius 2 is 2.23 bits per heavy atom. The molecule has 0 aromatic heterocycles. The first-order chi connectivity index (χ1) is 6.02. The lowest BCUT2D eigenvalue weighted by Gasteiger charge is -2.08. The van der Waals surface area contributed by atoms with Crippen LogP contribution in [0.1, 0.15) is 12.5 Å². The average Bonchev–Trinajstić information content (AvgIpc) is 2.05. The van der Waals surface area contributed by atoms with E-state index in [1.165, 1.54) is 6.07 Å². The van der Waals surface area contributed by atoms with Crippen molar-refractivity contribution in [1.29, 1.82) is 0 Å². The number of hydrogen-bond donors (Lipinski definition) is 1. The summed E-state index contributed by atoms with van der Waals surface area (Å²) in [4.78, 5) is 0. The standard InChI is InChI=1S/C9H9BrClFO/c1-5(13)4-6-7(10)2-3-8(11)9(6)12/h2-3,5,13H,4H2,1H3. The Hall–Kier alpha value is -0.120. The van der Waals surface area contributed by atoms with Crippen molar-refractivity contribution in [1.82, 2.24) is 0 Å². The quantitative estimate of drug-likeness (QED) is 0.816. The summed E-state index contributed by atoms with van der Waals surface area (Å²) in [5, 5.41) is 9.20. The molecule has 0 fully saturated rings. The Morgan fingerprint density at radius 1 is 1.62 bits per heavy atom. The van der Waals surface area contributed by atoms with Crippen LogP contribution in [0.15, 0.2) is 16.6 Å². The molecule has 1 nitrogen and oxygen atoms in total. The van der Waals surface area contributed by atoms with Crippen LogP contribution < -0.4 is 0 Å². The largest absolute Gasteiger partial charge is 0.393 e. The van der Waals surface area contributed by atoms with Gasteiger partial charge in [-0.3, -0.25) is 0 Å². The Kier molecular flexibility index (Phi) is 3.71. The fourth-order valence-corrected chi connectivity index (χ4v) is 1.70. The van der Waals surface area contributed by atoms with E-state index in [4.69, 9.17) is 16.7 Å². The fraction of sp³-hybridized carbons (Fsp3) is 0.333. The lowest BCUT2D eigenvalue weighted by molar-refractivity contribution is 0.194. The summed E-state index contributed by atoms with van der Waals surface area (Å²) in [5.74, 6) is -0.461. The van der Waals surface area contributed by atoms with E-state index in [9.17, 15) is 4.39 Å². The molecule has 0 bridgehead atoms. The molecule has 1 rings (SSSR count). The molecule has 0 spiro atoms. The van der Waals surface area contributed by atoms with Crippen LogP contribution >= 0.6 is 27.5 Å². The van der Waals surface area contributed by atoms with Gasteiger partial charge in [0.2, 0.25) is 0 Å². The molecule has 1 atom stereocenters. The first-order valence-corrected chi connectivity index (χ1v) is 5.00. The number of aliphatic hydroxyl groups excluding tert-OH is 1. The maximum Gasteiger partial charge on any atom is 0.146 e. The molecule has 4 heteroatoms. The minimum absolute atomic E-state index is 0.0823. The first kappa shape index (κ1) is 11.0. The second kappa shape index (κ2) is 4.40. The van der Waals surface area contributed by atoms with Crippen LogP contribution in [0.3, 0.4) is 0 Å². The van der Waals surface area contributed by atoms with Crippen LogP contribution in [-0.4, -0.2) is 11.2 Å². The highest BCUT2D eigenvalue weighted by molar-refractivity contribution is 9.10. The van der Waals surface area contributed by atoms with E-state index < -0.39 is 11.9 Å². The molecule has 1 aromatic carbocycles. The lowest BCUT2D eigenvalue weighted by Crippen LogP contribution is -2.07. The molecule has 0 saturated carbocycles. The maximum atomic E-state index is 13.3. The summed E-state index contributed by atoms with van der Waals surface area (Å²) in [6, 6.07) is 3.15. The zero-order valence-corrected chi connectivity index (χ0v) is 9.36. The fourth-order valence-electron chi connectivity index (χ4n) is 1.05. The first-order valence-electron chi connectivity index (χ1n) is 3.82. The van der Waals surface area contributed by atoms with Crippen LogP contribution in [0.25, 0.3) is 0 Å². The van der Waals surface area contributed by atoms with E-state index in [0.29, 0.717) is 10.0 Å². The van der Waals surface area contributed by atoms with Crippen molar-refractivity contribution in [3.05, 3.63) is 33.0 Å². The molecule has 0 aliphatic carbocycles. The molecular formula is C9H9BrClFO. The highest BCUT2D eigenvalue weighted by atomic mass is 79.9. The minimum Gasteiger partial charge on any atom is -0.393 e. The summed E-state index contributed by atoms with van der Waals surface area (Å²) >= 11 is 8.79. The summed E-state index contributed by atoms with van der Waals surface area (Å²) in [6.07, 6.45) is -0.322. The predicted octanol–water partition coefficient (Wildman–Crippen LogP) is 3.16. The van der Waals surface area contributed by atoms with E-state index >= 15 is 0 Å². The Morgan fingerprint density at radius 3 is 2.77 bits per heavy atom. The zero-order valence-electron chi connectivity index (χ0n) is 7.02. The van der Waals surface area contributed by atoms with Crippen LogP contribution in [0, 0.1) is 5.82 Å². The maximum absolute atomic E-state index is 13.3. The molecule has 72 valence electrons. The number of benzene rings is 1. The highest BCUT2D eigenvalue weighted by Crippen LogP contribution is 2.26. The number of rotatable bonds is 2. The van der Waals surface area contributed by atoms with Gasteiger partial charge in [-0.15, -0.1) is 0 Å². The van der Waals surface area contributed by atoms with E-state index in [1.54, 1.807) is 13.0 Å². The molecule has 13 heavy (non-hydrogen) atoms. The highest BCUT2D eigenvalue weighted by Gasteiger charge is 2.12. The summed E-state index contributed by atoms with van der Waals surface area (Å²) < 4.78 is 14.0. The summed E-state index contributed by atoms with van der Waals surface area (Å²) in [6.45, 7) is 1.60. The van der Waals surface area contributed by atoms with E-state index in [-0.39, 0.29) is 11.4 Å². The van der Waals surface area contributed by atoms with E-state index in [0.717, 1.165) is 0 Å². The number of hydrogen-bond acceptors (Lipinski definition) is 1. The van der Waals surface area contributed by atoms with Gasteiger partial charge in [0.1, 0.15) is 5.82 Å². The third-order valence-electron chi connectivity index (χ3n) is 1.64. The predicted molar refractivity (Wildman–Crippen MR) is 54.5 cm³/mol. The van der Waals surface area contributed by atoms with Gasteiger partial charge >= 0.3 is 0 Å². The van der Waals surface area contributed by atoms with Gasteiger partial charge in [0.25, 0.3) is 0 Å². The number of aliphatic hydroxyl groups is 1. The van der Waals surface area contributed by atoms with Crippen molar-refractivity contribution < 1.29 is 9.50 Å². The van der Waals surface area contributed by atoms with Crippen molar-refractivity contribution in [2.24, 2.45) is 0 Å². The Labute approximate surface area is 89.7 Å². The molecule has 1 aromatic rings. The van der Waals surface area contributed by atoms with Crippen LogP contribution in [0.4, 0.5) is 4.39 Å². The SMILES string of the molecule is CC(O)Cc1c(Br)ccc(Cl)c1F. The molecule has 0 aliphatic heterocycles. The summed E-state index contributed by atoms with van der Waals surface area (Å²) in [7, 11) is 0. The van der Waals surface area contributed by atoms with Gasteiger partial charge in [0.05, 0.1) is 11.1 Å². The van der Waals surface area contributed by atoms with E-state index in [1.807, 2.05) is 0 Å². The van der Waals surface area contributed by atoms with Gasteiger partial charge in [0, 0.05) is 16.5 Å². The van der Waals surface area contributed by atoms with Crippen molar-refractivity contribution in [2.45, 2.75) is 19.4 Å². The minimum atomic E-state index is -0.579. The molecular weight excluding hydrogens is 258 g/mol. The second-order valence-corrected chi connectivity index (χ2v) is 4.14. The van der Waals surface area contributed by atoms with Crippen LogP contribution in [0.5, 0.6) is 0 Å². The lowest BCUT2D eigenvalue weighted by atomic mass is 10.1. The monoisotopic (exact) mass is 266 g/mol. The smallest absolute Gasteiger partial charge is 0.146 e. The Bertz CT molecular complexity index is 315. The van der Waals surface area contributed by atoms with E-state index in [2.05, 4.69) is 15.9 Å². The molecule has 0 amide bonds. The van der Waals surface area contributed by atoms with Crippen LogP contribution in [0.2, 0.25) is 5.02 Å². The molecule has 0 aliphatic rings. The van der Waals surface area contributed by atoms with Gasteiger partial charge in [-0.2, -0.15) is 0 Å². The topological polar surface area (TPSA) is 20.2 Å².